The second-order valence-corrected chi connectivity index (χ2v) is 4.66. The number of hydrogen-bond donors (Lipinski definition) is 1. The fourth-order valence-corrected chi connectivity index (χ4v) is 2.79. The molecule has 0 aliphatic heterocycles. The van der Waals surface area contributed by atoms with Crippen LogP contribution in [0.1, 0.15) is 47.0 Å². The van der Waals surface area contributed by atoms with Crippen LogP contribution in [0.3, 0.4) is 0 Å². The fraction of sp³-hybridized carbons (Fsp3) is 0.692. The minimum absolute atomic E-state index is 0.228. The summed E-state index contributed by atoms with van der Waals surface area (Å²) in [7, 11) is 0. The van der Waals surface area contributed by atoms with E-state index >= 15 is 0 Å². The van der Waals surface area contributed by atoms with Crippen molar-refractivity contribution < 1.29 is 4.55 Å². The minimum Gasteiger partial charge on any atom is -0.329 e. The predicted octanol–water partition coefficient (Wildman–Crippen LogP) is 4.91. The average Bonchev–Trinajstić information content (AvgIpc) is 2.27. The molecule has 0 rings (SSSR count). The van der Waals surface area contributed by atoms with Crippen molar-refractivity contribution in [2.75, 3.05) is 0 Å². The van der Waals surface area contributed by atoms with Crippen LogP contribution < -0.4 is 0 Å². The first kappa shape index (κ1) is 14.8. The molecule has 0 aliphatic carbocycles. The highest BCUT2D eigenvalue weighted by atomic mass is 32.2. The van der Waals surface area contributed by atoms with Crippen molar-refractivity contribution in [2.45, 2.75) is 51.7 Å². The first-order chi connectivity index (χ1) is 7.20. The zero-order valence-corrected chi connectivity index (χ0v) is 11.2. The molecule has 0 fully saturated rings. The van der Waals surface area contributed by atoms with E-state index in [1.54, 1.807) is 0 Å². The Hall–Kier alpha value is -0.210. The highest BCUT2D eigenvalue weighted by molar-refractivity contribution is 7.95. The van der Waals surface area contributed by atoms with E-state index in [0.29, 0.717) is 5.92 Å². The van der Waals surface area contributed by atoms with Crippen LogP contribution in [0.4, 0.5) is 0 Å². The molecule has 0 spiro atoms. The lowest BCUT2D eigenvalue weighted by molar-refractivity contribution is 0.441. The second-order valence-electron chi connectivity index (χ2n) is 3.77. The van der Waals surface area contributed by atoms with Crippen LogP contribution in [0.15, 0.2) is 24.3 Å². The first-order valence-corrected chi connectivity index (χ1v) is 6.62. The molecule has 88 valence electrons. The topological polar surface area (TPSA) is 20.2 Å². The molecule has 0 aliphatic rings. The lowest BCUT2D eigenvalue weighted by Gasteiger charge is -2.32. The lowest BCUT2D eigenvalue weighted by atomic mass is 9.86. The molecule has 0 aromatic carbocycles. The third kappa shape index (κ3) is 4.04. The Morgan fingerprint density at radius 2 is 1.80 bits per heavy atom. The van der Waals surface area contributed by atoms with Gasteiger partial charge in [-0.15, -0.1) is 0 Å². The van der Waals surface area contributed by atoms with Crippen LogP contribution in [-0.4, -0.2) is 9.30 Å². The monoisotopic (exact) mass is 228 g/mol. The summed E-state index contributed by atoms with van der Waals surface area (Å²) in [4.78, 5) is 0. The molecule has 0 aromatic heterocycles. The zero-order valence-electron chi connectivity index (χ0n) is 10.4. The Labute approximate surface area is 98.9 Å². The highest BCUT2D eigenvalue weighted by Crippen LogP contribution is 2.38. The Morgan fingerprint density at radius 3 is 2.13 bits per heavy atom. The summed E-state index contributed by atoms with van der Waals surface area (Å²) in [5.41, 5.74) is 0. The van der Waals surface area contributed by atoms with Gasteiger partial charge < -0.3 is 4.55 Å². The third-order valence-corrected chi connectivity index (χ3v) is 3.74. The van der Waals surface area contributed by atoms with Gasteiger partial charge in [-0.25, -0.2) is 0 Å². The van der Waals surface area contributed by atoms with Crippen LogP contribution >= 0.6 is 12.0 Å². The SMILES string of the molecule is CC=CC(C=CCC)(SO)C(CC)CC. The molecule has 15 heavy (non-hydrogen) atoms. The Kier molecular flexibility index (Phi) is 7.89. The highest BCUT2D eigenvalue weighted by Gasteiger charge is 2.32. The minimum atomic E-state index is -0.228. The predicted molar refractivity (Wildman–Crippen MR) is 71.3 cm³/mol. The Bertz CT molecular complexity index is 207. The van der Waals surface area contributed by atoms with Gasteiger partial charge >= 0.3 is 0 Å². The van der Waals surface area contributed by atoms with E-state index in [1.807, 2.05) is 13.0 Å². The van der Waals surface area contributed by atoms with Gasteiger partial charge in [0.05, 0.1) is 4.75 Å². The van der Waals surface area contributed by atoms with Crippen molar-refractivity contribution in [1.82, 2.24) is 0 Å². The van der Waals surface area contributed by atoms with Crippen molar-refractivity contribution in [1.29, 1.82) is 0 Å². The van der Waals surface area contributed by atoms with E-state index in [9.17, 15) is 4.55 Å². The molecule has 0 saturated carbocycles. The summed E-state index contributed by atoms with van der Waals surface area (Å²) in [6, 6.07) is 0. The number of allylic oxidation sites excluding steroid dienone is 2. The van der Waals surface area contributed by atoms with Gasteiger partial charge in [0.15, 0.2) is 0 Å². The van der Waals surface area contributed by atoms with E-state index in [-0.39, 0.29) is 4.75 Å². The van der Waals surface area contributed by atoms with Crippen LogP contribution in [0.5, 0.6) is 0 Å². The van der Waals surface area contributed by atoms with Crippen LogP contribution in [0, 0.1) is 5.92 Å². The quantitative estimate of drug-likeness (QED) is 0.493. The van der Waals surface area contributed by atoms with E-state index in [1.165, 1.54) is 0 Å². The molecular formula is C13H24OS. The van der Waals surface area contributed by atoms with E-state index in [0.717, 1.165) is 31.3 Å². The molecule has 0 amide bonds. The number of hydrogen-bond acceptors (Lipinski definition) is 2. The van der Waals surface area contributed by atoms with Crippen molar-refractivity contribution in [2.24, 2.45) is 5.92 Å². The molecule has 1 unspecified atom stereocenters. The van der Waals surface area contributed by atoms with Gasteiger partial charge in [-0.2, -0.15) is 0 Å². The Balaban J connectivity index is 5.02. The molecule has 1 atom stereocenters. The maximum atomic E-state index is 9.58. The molecule has 1 nitrogen and oxygen atoms in total. The molecule has 0 aromatic rings. The third-order valence-electron chi connectivity index (χ3n) is 2.82. The van der Waals surface area contributed by atoms with Crippen LogP contribution in [0.25, 0.3) is 0 Å². The van der Waals surface area contributed by atoms with Gasteiger partial charge in [-0.05, 0) is 19.3 Å². The number of rotatable bonds is 7. The zero-order chi connectivity index (χ0) is 11.7. The molecule has 0 bridgehead atoms. The summed E-state index contributed by atoms with van der Waals surface area (Å²) in [6.45, 7) is 8.49. The van der Waals surface area contributed by atoms with E-state index < -0.39 is 0 Å². The molecular weight excluding hydrogens is 204 g/mol. The van der Waals surface area contributed by atoms with E-state index in [2.05, 4.69) is 39.0 Å². The summed E-state index contributed by atoms with van der Waals surface area (Å²) in [5, 5.41) is 0. The van der Waals surface area contributed by atoms with Crippen molar-refractivity contribution >= 4 is 12.0 Å². The van der Waals surface area contributed by atoms with Gasteiger partial charge in [-0.3, -0.25) is 0 Å². The van der Waals surface area contributed by atoms with Gasteiger partial charge in [0.1, 0.15) is 0 Å². The first-order valence-electron chi connectivity index (χ1n) is 5.84. The maximum Gasteiger partial charge on any atom is 0.0806 e. The van der Waals surface area contributed by atoms with Crippen LogP contribution in [0.2, 0.25) is 0 Å². The normalized spacial score (nSPS) is 16.7. The van der Waals surface area contributed by atoms with Crippen molar-refractivity contribution in [3.8, 4) is 0 Å². The van der Waals surface area contributed by atoms with Gasteiger partial charge in [0.25, 0.3) is 0 Å². The molecule has 0 radical (unpaired) electrons. The summed E-state index contributed by atoms with van der Waals surface area (Å²) < 4.78 is 9.35. The average molecular weight is 228 g/mol. The summed E-state index contributed by atoms with van der Waals surface area (Å²) in [6.07, 6.45) is 11.6. The lowest BCUT2D eigenvalue weighted by Crippen LogP contribution is -2.29. The molecule has 1 N–H and O–H groups in total. The fourth-order valence-electron chi connectivity index (χ4n) is 1.95. The molecule has 0 heterocycles. The van der Waals surface area contributed by atoms with Crippen LogP contribution in [-0.2, 0) is 0 Å². The largest absolute Gasteiger partial charge is 0.329 e. The van der Waals surface area contributed by atoms with E-state index in [4.69, 9.17) is 0 Å². The summed E-state index contributed by atoms with van der Waals surface area (Å²) >= 11 is 0.966. The van der Waals surface area contributed by atoms with Crippen molar-refractivity contribution in [3.63, 3.8) is 0 Å². The maximum absolute atomic E-state index is 9.58. The molecule has 2 heteroatoms. The van der Waals surface area contributed by atoms with Gasteiger partial charge in [0, 0.05) is 12.0 Å². The van der Waals surface area contributed by atoms with Gasteiger partial charge in [0.2, 0.25) is 0 Å². The Morgan fingerprint density at radius 1 is 1.20 bits per heavy atom. The standard InChI is InChI=1S/C13H24OS/c1-5-9-11-13(15-14,10-6-2)12(7-3)8-4/h6,9-12,14H,5,7-8H2,1-4H3. The summed E-state index contributed by atoms with van der Waals surface area (Å²) in [5.74, 6) is 0.492. The smallest absolute Gasteiger partial charge is 0.0806 e. The molecule has 0 saturated heterocycles. The van der Waals surface area contributed by atoms with Crippen molar-refractivity contribution in [3.05, 3.63) is 24.3 Å². The van der Waals surface area contributed by atoms with Gasteiger partial charge in [-0.1, -0.05) is 57.9 Å². The second kappa shape index (κ2) is 8.00.